The molecule has 0 spiro atoms. The van der Waals surface area contributed by atoms with E-state index in [1.54, 1.807) is 30.1 Å². The number of rotatable bonds is 3. The van der Waals surface area contributed by atoms with Crippen LogP contribution in [0, 0.1) is 17.3 Å². The van der Waals surface area contributed by atoms with Crippen LogP contribution in [0.25, 0.3) is 38.8 Å². The summed E-state index contributed by atoms with van der Waals surface area (Å²) in [4.78, 5) is 16.9. The fraction of sp³-hybridized carbons (Fsp3) is 0.0870. The lowest BCUT2D eigenvalue weighted by molar-refractivity contribution is 0.398. The minimum absolute atomic E-state index is 0.361. The van der Waals surface area contributed by atoms with Gasteiger partial charge in [0.25, 0.3) is 0 Å². The molecule has 8 nitrogen and oxygen atoms in total. The molecule has 5 rings (SSSR count). The van der Waals surface area contributed by atoms with Gasteiger partial charge in [0.2, 0.25) is 17.7 Å². The first-order chi connectivity index (χ1) is 15.6. The van der Waals surface area contributed by atoms with E-state index in [0.717, 1.165) is 21.9 Å². The molecule has 4 heterocycles. The van der Waals surface area contributed by atoms with Crippen LogP contribution < -0.4 is 10.4 Å². The van der Waals surface area contributed by atoms with E-state index in [1.165, 1.54) is 18.5 Å². The second-order valence-corrected chi connectivity index (χ2v) is 7.04. The Bertz CT molecular complexity index is 1590. The molecule has 0 bridgehead atoms. The van der Waals surface area contributed by atoms with Crippen LogP contribution in [0.4, 0.5) is 4.39 Å². The fourth-order valence-electron chi connectivity index (χ4n) is 3.80. The van der Waals surface area contributed by atoms with Crippen LogP contribution in [-0.2, 0) is 7.05 Å². The number of aromatic nitrogens is 5. The van der Waals surface area contributed by atoms with Crippen molar-refractivity contribution < 1.29 is 9.13 Å². The van der Waals surface area contributed by atoms with Gasteiger partial charge < -0.3 is 9.30 Å². The van der Waals surface area contributed by atoms with Gasteiger partial charge in [-0.05, 0) is 29.8 Å². The summed E-state index contributed by atoms with van der Waals surface area (Å²) >= 11 is 0. The average molecular weight is 425 g/mol. The van der Waals surface area contributed by atoms with Gasteiger partial charge in [0.1, 0.15) is 5.82 Å². The van der Waals surface area contributed by atoms with E-state index < -0.39 is 0 Å². The third-order valence-corrected chi connectivity index (χ3v) is 5.32. The molecule has 0 radical (unpaired) electrons. The summed E-state index contributed by atoms with van der Waals surface area (Å²) in [7, 11) is 3.35. The highest BCUT2D eigenvalue weighted by atomic mass is 19.1. The summed E-state index contributed by atoms with van der Waals surface area (Å²) in [5.74, 6) is 0.106. The number of hydrogen-bond donors (Lipinski definition) is 0. The summed E-state index contributed by atoms with van der Waals surface area (Å²) < 4.78 is 23.2. The van der Waals surface area contributed by atoms with E-state index in [0.29, 0.717) is 28.3 Å². The van der Waals surface area contributed by atoms with Crippen molar-refractivity contribution in [2.75, 3.05) is 7.11 Å². The van der Waals surface area contributed by atoms with Crippen molar-refractivity contribution in [1.82, 2.24) is 24.1 Å². The third kappa shape index (κ3) is 2.97. The molecule has 32 heavy (non-hydrogen) atoms. The number of ether oxygens (including phenoxy) is 1. The van der Waals surface area contributed by atoms with Gasteiger partial charge in [-0.2, -0.15) is 5.26 Å². The van der Waals surface area contributed by atoms with Crippen LogP contribution in [0.15, 0.2) is 66.2 Å². The highest BCUT2D eigenvalue weighted by molar-refractivity contribution is 6.04. The lowest BCUT2D eigenvalue weighted by Crippen LogP contribution is -2.22. The second kappa shape index (κ2) is 7.59. The van der Waals surface area contributed by atoms with Gasteiger partial charge in [-0.15, -0.1) is 4.99 Å². The number of nitrogens with zero attached hydrogens (tertiary/aromatic N) is 7. The number of methoxy groups -OCH3 is 1. The molecule has 0 fully saturated rings. The highest BCUT2D eigenvalue weighted by Crippen LogP contribution is 2.30. The predicted octanol–water partition coefficient (Wildman–Crippen LogP) is 3.50. The van der Waals surface area contributed by atoms with Gasteiger partial charge in [0, 0.05) is 36.5 Å². The molecule has 0 aliphatic rings. The van der Waals surface area contributed by atoms with Gasteiger partial charge in [-0.1, -0.05) is 6.07 Å². The number of pyridine rings is 3. The van der Waals surface area contributed by atoms with Crippen molar-refractivity contribution in [3.05, 3.63) is 72.6 Å². The standard InChI is InChI=1S/C23H16FN7O/c1-30-20-12-27-19-5-3-14(17-11-26-8-7-18(17)24)9-16(19)22(20)31(23(30)29-13-25)15-4-6-21(32-2)28-10-15/h3-12H,1-2H3. The molecule has 0 saturated heterocycles. The third-order valence-electron chi connectivity index (χ3n) is 5.32. The molecule has 4 aromatic heterocycles. The molecule has 1 aromatic carbocycles. The predicted molar refractivity (Wildman–Crippen MR) is 116 cm³/mol. The zero-order chi connectivity index (χ0) is 22.2. The van der Waals surface area contributed by atoms with E-state index >= 15 is 0 Å². The Morgan fingerprint density at radius 3 is 2.69 bits per heavy atom. The van der Waals surface area contributed by atoms with E-state index in [1.807, 2.05) is 42.1 Å². The normalized spacial score (nSPS) is 11.8. The summed E-state index contributed by atoms with van der Waals surface area (Å²) in [6.07, 6.45) is 8.15. The topological polar surface area (TPSA) is 93.9 Å². The number of aryl methyl sites for hydroxylation is 1. The summed E-state index contributed by atoms with van der Waals surface area (Å²) in [5, 5.41) is 10.1. The molecule has 0 saturated carbocycles. The maximum Gasteiger partial charge on any atom is 0.226 e. The minimum atomic E-state index is -0.361. The van der Waals surface area contributed by atoms with Crippen LogP contribution in [0.5, 0.6) is 5.88 Å². The van der Waals surface area contributed by atoms with E-state index in [4.69, 9.17) is 4.74 Å². The number of halogens is 1. The Hall–Kier alpha value is -4.58. The summed E-state index contributed by atoms with van der Waals surface area (Å²) in [6, 6.07) is 10.4. The first-order valence-corrected chi connectivity index (χ1v) is 9.65. The largest absolute Gasteiger partial charge is 0.481 e. The first kappa shape index (κ1) is 19.4. The van der Waals surface area contributed by atoms with Crippen LogP contribution in [0.1, 0.15) is 0 Å². The molecule has 0 atom stereocenters. The van der Waals surface area contributed by atoms with Gasteiger partial charge in [-0.3, -0.25) is 14.5 Å². The van der Waals surface area contributed by atoms with Crippen molar-refractivity contribution in [2.24, 2.45) is 12.0 Å². The number of imidazole rings is 1. The van der Waals surface area contributed by atoms with Crippen molar-refractivity contribution in [1.29, 1.82) is 5.26 Å². The quantitative estimate of drug-likeness (QED) is 0.413. The van der Waals surface area contributed by atoms with Gasteiger partial charge in [-0.25, -0.2) is 9.37 Å². The summed E-state index contributed by atoms with van der Waals surface area (Å²) in [5.41, 5.74) is 4.39. The van der Waals surface area contributed by atoms with Crippen molar-refractivity contribution in [3.63, 3.8) is 0 Å². The molecule has 156 valence electrons. The number of benzene rings is 1. The van der Waals surface area contributed by atoms with Crippen LogP contribution >= 0.6 is 0 Å². The molecule has 0 aliphatic carbocycles. The smallest absolute Gasteiger partial charge is 0.226 e. The lowest BCUT2D eigenvalue weighted by atomic mass is 10.0. The molecule has 9 heteroatoms. The Balaban J connectivity index is 1.91. The maximum atomic E-state index is 14.4. The average Bonchev–Trinajstić information content (AvgIpc) is 3.11. The number of hydrogen-bond acceptors (Lipinski definition) is 6. The van der Waals surface area contributed by atoms with Crippen molar-refractivity contribution >= 4 is 21.9 Å². The lowest BCUT2D eigenvalue weighted by Gasteiger charge is -2.09. The van der Waals surface area contributed by atoms with E-state index in [2.05, 4.69) is 19.9 Å². The highest BCUT2D eigenvalue weighted by Gasteiger charge is 2.17. The number of nitriles is 1. The molecular weight excluding hydrogens is 409 g/mol. The van der Waals surface area contributed by atoms with Gasteiger partial charge >= 0.3 is 0 Å². The molecular formula is C23H16FN7O. The SMILES string of the molecule is COc1ccc(-n2c(=NC#N)n(C)c3cnc4ccc(-c5cnccc5F)cc4c32)cn1. The zero-order valence-electron chi connectivity index (χ0n) is 17.2. The van der Waals surface area contributed by atoms with E-state index in [9.17, 15) is 9.65 Å². The van der Waals surface area contributed by atoms with Gasteiger partial charge in [0.15, 0.2) is 0 Å². The Morgan fingerprint density at radius 1 is 1.09 bits per heavy atom. The second-order valence-electron chi connectivity index (χ2n) is 7.04. The van der Waals surface area contributed by atoms with Crippen LogP contribution in [-0.4, -0.2) is 31.2 Å². The number of fused-ring (bicyclic) bond motifs is 3. The Kier molecular flexibility index (Phi) is 4.60. The monoisotopic (exact) mass is 425 g/mol. The van der Waals surface area contributed by atoms with E-state index in [-0.39, 0.29) is 5.82 Å². The van der Waals surface area contributed by atoms with Crippen molar-refractivity contribution in [3.8, 4) is 28.9 Å². The van der Waals surface area contributed by atoms with Crippen LogP contribution in [0.2, 0.25) is 0 Å². The molecule has 5 aromatic rings. The Labute approximate surface area is 181 Å². The first-order valence-electron chi connectivity index (χ1n) is 9.65. The van der Waals surface area contributed by atoms with Crippen molar-refractivity contribution in [2.45, 2.75) is 0 Å². The molecule has 0 amide bonds. The Morgan fingerprint density at radius 2 is 1.97 bits per heavy atom. The molecule has 0 aliphatic heterocycles. The maximum absolute atomic E-state index is 14.4. The summed E-state index contributed by atoms with van der Waals surface area (Å²) in [6.45, 7) is 0. The van der Waals surface area contributed by atoms with Crippen LogP contribution in [0.3, 0.4) is 0 Å². The minimum Gasteiger partial charge on any atom is -0.481 e. The zero-order valence-corrected chi connectivity index (χ0v) is 17.2. The molecule has 0 unspecified atom stereocenters. The molecule has 0 N–H and O–H groups in total. The fourth-order valence-corrected chi connectivity index (χ4v) is 3.80. The van der Waals surface area contributed by atoms with Gasteiger partial charge in [0.05, 0.1) is 41.7 Å².